The van der Waals surface area contributed by atoms with Crippen LogP contribution in [0.5, 0.6) is 0 Å². The van der Waals surface area contributed by atoms with Crippen LogP contribution in [0.3, 0.4) is 0 Å². The Labute approximate surface area is 169 Å². The van der Waals surface area contributed by atoms with E-state index >= 15 is 0 Å². The number of amides is 1. The van der Waals surface area contributed by atoms with Crippen molar-refractivity contribution < 1.29 is 13.2 Å². The fourth-order valence-corrected chi connectivity index (χ4v) is 5.96. The van der Waals surface area contributed by atoms with Gasteiger partial charge in [-0.25, -0.2) is 8.42 Å². The molecular weight excluding hydrogens is 396 g/mol. The lowest BCUT2D eigenvalue weighted by Gasteiger charge is -2.26. The maximum absolute atomic E-state index is 12.8. The van der Waals surface area contributed by atoms with E-state index in [1.807, 2.05) is 41.8 Å². The highest BCUT2D eigenvalue weighted by atomic mass is 32.2. The molecule has 0 aliphatic carbocycles. The van der Waals surface area contributed by atoms with Gasteiger partial charge in [-0.15, -0.1) is 16.8 Å². The summed E-state index contributed by atoms with van der Waals surface area (Å²) in [6.45, 7) is 6.13. The monoisotopic (exact) mass is 420 g/mol. The Morgan fingerprint density at radius 3 is 2.71 bits per heavy atom. The molecule has 1 fully saturated rings. The van der Waals surface area contributed by atoms with Crippen molar-refractivity contribution in [2.24, 2.45) is 0 Å². The van der Waals surface area contributed by atoms with E-state index in [0.29, 0.717) is 18.1 Å². The molecule has 1 aliphatic heterocycles. The van der Waals surface area contributed by atoms with Gasteiger partial charge in [-0.05, 0) is 13.3 Å². The van der Waals surface area contributed by atoms with E-state index in [0.717, 1.165) is 11.4 Å². The Bertz CT molecular complexity index is 957. The average molecular weight is 421 g/mol. The van der Waals surface area contributed by atoms with Crippen LogP contribution in [0.4, 0.5) is 0 Å². The van der Waals surface area contributed by atoms with E-state index in [2.05, 4.69) is 16.8 Å². The van der Waals surface area contributed by atoms with Gasteiger partial charge in [0.2, 0.25) is 5.91 Å². The summed E-state index contributed by atoms with van der Waals surface area (Å²) >= 11 is 1.32. The predicted octanol–water partition coefficient (Wildman–Crippen LogP) is 2.26. The molecular formula is C19H24N4O3S2. The van der Waals surface area contributed by atoms with Crippen LogP contribution in [0.1, 0.15) is 13.3 Å². The van der Waals surface area contributed by atoms with E-state index < -0.39 is 15.1 Å². The Kier molecular flexibility index (Phi) is 6.24. The molecule has 2 heterocycles. The molecule has 0 spiro atoms. The summed E-state index contributed by atoms with van der Waals surface area (Å²) in [5, 5.41) is 8.79. The lowest BCUT2D eigenvalue weighted by atomic mass is 10.2. The number of sulfone groups is 1. The minimum absolute atomic E-state index is 0.0391. The van der Waals surface area contributed by atoms with Crippen LogP contribution in [-0.4, -0.2) is 63.8 Å². The smallest absolute Gasteiger partial charge is 0.235 e. The van der Waals surface area contributed by atoms with Crippen molar-refractivity contribution in [2.75, 3.05) is 18.6 Å². The first-order chi connectivity index (χ1) is 13.3. The third-order valence-corrected chi connectivity index (χ3v) is 7.61. The number of allylic oxidation sites excluding steroid dienone is 1. The van der Waals surface area contributed by atoms with E-state index in [1.165, 1.54) is 11.8 Å². The topological polar surface area (TPSA) is 85.2 Å². The highest BCUT2D eigenvalue weighted by Gasteiger charge is 2.34. The summed E-state index contributed by atoms with van der Waals surface area (Å²) in [7, 11) is -1.36. The van der Waals surface area contributed by atoms with Crippen molar-refractivity contribution in [3.05, 3.63) is 43.0 Å². The van der Waals surface area contributed by atoms with Crippen molar-refractivity contribution in [3.63, 3.8) is 0 Å². The summed E-state index contributed by atoms with van der Waals surface area (Å²) in [4.78, 5) is 14.4. The molecule has 9 heteroatoms. The minimum atomic E-state index is -3.04. The van der Waals surface area contributed by atoms with Crippen LogP contribution in [0, 0.1) is 0 Å². The van der Waals surface area contributed by atoms with Gasteiger partial charge in [0.05, 0.1) is 16.8 Å². The van der Waals surface area contributed by atoms with Crippen molar-refractivity contribution >= 4 is 27.5 Å². The summed E-state index contributed by atoms with van der Waals surface area (Å²) in [5.41, 5.74) is 0.941. The van der Waals surface area contributed by atoms with Gasteiger partial charge < -0.3 is 4.90 Å². The molecule has 150 valence electrons. The molecule has 0 unspecified atom stereocenters. The second-order valence-corrected chi connectivity index (χ2v) is 10.4. The molecule has 1 aromatic heterocycles. The summed E-state index contributed by atoms with van der Waals surface area (Å²) in [6, 6.07) is 9.47. The molecule has 3 rings (SSSR count). The lowest BCUT2D eigenvalue weighted by Crippen LogP contribution is -2.41. The highest BCUT2D eigenvalue weighted by Crippen LogP contribution is 2.28. The maximum atomic E-state index is 12.8. The fraction of sp³-hybridized carbons (Fsp3) is 0.421. The first-order valence-corrected chi connectivity index (χ1v) is 11.8. The number of hydrogen-bond acceptors (Lipinski definition) is 6. The largest absolute Gasteiger partial charge is 0.341 e. The molecule has 0 radical (unpaired) electrons. The second-order valence-electron chi connectivity index (χ2n) is 6.84. The summed E-state index contributed by atoms with van der Waals surface area (Å²) in [5.74, 6) is 0.793. The van der Waals surface area contributed by atoms with E-state index in [1.54, 1.807) is 18.0 Å². The molecule has 1 amide bonds. The average Bonchev–Trinajstić information content (AvgIpc) is 3.24. The molecule has 2 aromatic rings. The van der Waals surface area contributed by atoms with Gasteiger partial charge in [-0.2, -0.15) is 0 Å². The second kappa shape index (κ2) is 8.48. The zero-order chi connectivity index (χ0) is 20.3. The third-order valence-electron chi connectivity index (χ3n) is 4.79. The summed E-state index contributed by atoms with van der Waals surface area (Å²) in [6.07, 6.45) is 2.26. The molecule has 28 heavy (non-hydrogen) atoms. The van der Waals surface area contributed by atoms with Gasteiger partial charge in [-0.3, -0.25) is 9.36 Å². The number of benzene rings is 1. The van der Waals surface area contributed by atoms with Crippen molar-refractivity contribution in [3.8, 4) is 11.4 Å². The first kappa shape index (κ1) is 20.6. The Morgan fingerprint density at radius 1 is 1.39 bits per heavy atom. The molecule has 1 aromatic carbocycles. The molecule has 1 aliphatic rings. The summed E-state index contributed by atoms with van der Waals surface area (Å²) < 4.78 is 25.3. The van der Waals surface area contributed by atoms with Gasteiger partial charge in [0.15, 0.2) is 20.8 Å². The number of carbonyl (C=O) groups excluding carboxylic acids is 1. The van der Waals surface area contributed by atoms with E-state index in [4.69, 9.17) is 0 Å². The van der Waals surface area contributed by atoms with Crippen LogP contribution >= 0.6 is 11.8 Å². The standard InChI is InChI=1S/C19H24N4O3S2/c1-4-11-23-17(15-8-6-5-7-9-15)20-21-19(23)27-14(2)18(24)22(3)16-10-12-28(25,26)13-16/h4-9,14,16H,1,10-13H2,2-3H3/t14-,16+/m1/s1. The van der Waals surface area contributed by atoms with Gasteiger partial charge in [0.25, 0.3) is 0 Å². The fourth-order valence-electron chi connectivity index (χ4n) is 3.23. The molecule has 2 atom stereocenters. The van der Waals surface area contributed by atoms with E-state index in [-0.39, 0.29) is 23.5 Å². The maximum Gasteiger partial charge on any atom is 0.235 e. The zero-order valence-corrected chi connectivity index (χ0v) is 17.6. The third kappa shape index (κ3) is 4.47. The number of hydrogen-bond donors (Lipinski definition) is 0. The highest BCUT2D eigenvalue weighted by molar-refractivity contribution is 8.00. The number of carbonyl (C=O) groups is 1. The van der Waals surface area contributed by atoms with E-state index in [9.17, 15) is 13.2 Å². The Balaban J connectivity index is 1.76. The normalized spacial score (nSPS) is 19.3. The zero-order valence-electron chi connectivity index (χ0n) is 16.0. The molecule has 0 saturated carbocycles. The van der Waals surface area contributed by atoms with Crippen LogP contribution in [0.2, 0.25) is 0 Å². The quantitative estimate of drug-likeness (QED) is 0.505. The SMILES string of the molecule is C=CCn1c(S[C@H](C)C(=O)N(C)[C@H]2CCS(=O)(=O)C2)nnc1-c1ccccc1. The molecule has 0 bridgehead atoms. The number of thioether (sulfide) groups is 1. The Morgan fingerprint density at radius 2 is 2.11 bits per heavy atom. The van der Waals surface area contributed by atoms with Crippen LogP contribution < -0.4 is 0 Å². The molecule has 7 nitrogen and oxygen atoms in total. The molecule has 0 N–H and O–H groups in total. The number of nitrogens with zero attached hydrogens (tertiary/aromatic N) is 4. The number of rotatable bonds is 7. The van der Waals surface area contributed by atoms with Crippen molar-refractivity contribution in [2.45, 2.75) is 36.3 Å². The molecule has 1 saturated heterocycles. The van der Waals surface area contributed by atoms with Crippen LogP contribution in [0.25, 0.3) is 11.4 Å². The first-order valence-electron chi connectivity index (χ1n) is 9.05. The minimum Gasteiger partial charge on any atom is -0.341 e. The van der Waals surface area contributed by atoms with Crippen LogP contribution in [0.15, 0.2) is 48.1 Å². The van der Waals surface area contributed by atoms with Gasteiger partial charge in [0.1, 0.15) is 0 Å². The van der Waals surface area contributed by atoms with Crippen molar-refractivity contribution in [1.82, 2.24) is 19.7 Å². The number of aromatic nitrogens is 3. The van der Waals surface area contributed by atoms with Gasteiger partial charge in [0, 0.05) is 25.2 Å². The van der Waals surface area contributed by atoms with Crippen molar-refractivity contribution in [1.29, 1.82) is 0 Å². The van der Waals surface area contributed by atoms with Crippen LogP contribution in [-0.2, 0) is 21.2 Å². The van der Waals surface area contributed by atoms with Gasteiger partial charge >= 0.3 is 0 Å². The Hall–Kier alpha value is -2.13. The lowest BCUT2D eigenvalue weighted by molar-refractivity contribution is -0.130. The van der Waals surface area contributed by atoms with Gasteiger partial charge in [-0.1, -0.05) is 48.2 Å². The predicted molar refractivity (Wildman–Crippen MR) is 111 cm³/mol.